The van der Waals surface area contributed by atoms with Crippen molar-refractivity contribution in [2.75, 3.05) is 19.6 Å². The molecule has 2 N–H and O–H groups in total. The molecule has 4 heteroatoms. The van der Waals surface area contributed by atoms with Crippen LogP contribution >= 0.6 is 22.9 Å². The minimum Gasteiger partial charge on any atom is -0.329 e. The van der Waals surface area contributed by atoms with Crippen LogP contribution in [0.4, 0.5) is 0 Å². The predicted octanol–water partition coefficient (Wildman–Crippen LogP) is 3.77. The van der Waals surface area contributed by atoms with Crippen molar-refractivity contribution in [2.24, 2.45) is 17.6 Å². The van der Waals surface area contributed by atoms with Crippen LogP contribution in [0.25, 0.3) is 0 Å². The van der Waals surface area contributed by atoms with Crippen LogP contribution in [0.1, 0.15) is 37.6 Å². The Balaban J connectivity index is 1.98. The SMILES string of the molecule is CC(C)C1CCN(C(CN)c2cc(Cl)cs2)CC1. The number of likely N-dealkylation sites (tertiary alicyclic amines) is 1. The molecule has 1 aromatic heterocycles. The highest BCUT2D eigenvalue weighted by Gasteiger charge is 2.27. The van der Waals surface area contributed by atoms with E-state index in [4.69, 9.17) is 17.3 Å². The zero-order valence-electron chi connectivity index (χ0n) is 11.2. The molecule has 1 aliphatic rings. The molecule has 0 spiro atoms. The van der Waals surface area contributed by atoms with Gasteiger partial charge in [0.25, 0.3) is 0 Å². The van der Waals surface area contributed by atoms with Gasteiger partial charge in [-0.2, -0.15) is 0 Å². The number of rotatable bonds is 4. The van der Waals surface area contributed by atoms with Gasteiger partial charge in [0.1, 0.15) is 0 Å². The Labute approximate surface area is 119 Å². The average Bonchev–Trinajstić information content (AvgIpc) is 2.77. The first-order chi connectivity index (χ1) is 8.61. The van der Waals surface area contributed by atoms with Crippen molar-refractivity contribution in [1.29, 1.82) is 0 Å². The zero-order chi connectivity index (χ0) is 13.1. The Morgan fingerprint density at radius 3 is 2.56 bits per heavy atom. The molecule has 0 radical (unpaired) electrons. The van der Waals surface area contributed by atoms with Gasteiger partial charge in [-0.15, -0.1) is 11.3 Å². The molecule has 1 saturated heterocycles. The first kappa shape index (κ1) is 14.3. The summed E-state index contributed by atoms with van der Waals surface area (Å²) < 4.78 is 0. The maximum atomic E-state index is 6.02. The van der Waals surface area contributed by atoms with Gasteiger partial charge in [-0.05, 0) is 43.8 Å². The fourth-order valence-electron chi connectivity index (χ4n) is 2.85. The third-order valence-corrected chi connectivity index (χ3v) is 5.48. The van der Waals surface area contributed by atoms with Crippen molar-refractivity contribution >= 4 is 22.9 Å². The largest absolute Gasteiger partial charge is 0.329 e. The third-order valence-electron chi connectivity index (χ3n) is 4.10. The molecule has 1 aliphatic heterocycles. The fourth-order valence-corrected chi connectivity index (χ4v) is 4.08. The number of piperidine rings is 1. The van der Waals surface area contributed by atoms with Gasteiger partial charge in [-0.1, -0.05) is 25.4 Å². The molecule has 1 atom stereocenters. The van der Waals surface area contributed by atoms with Gasteiger partial charge < -0.3 is 5.73 Å². The Kier molecular flexibility index (Phi) is 5.07. The molecule has 0 bridgehead atoms. The monoisotopic (exact) mass is 286 g/mol. The number of nitrogens with zero attached hydrogens (tertiary/aromatic N) is 1. The molecule has 18 heavy (non-hydrogen) atoms. The fraction of sp³-hybridized carbons (Fsp3) is 0.714. The second-order valence-electron chi connectivity index (χ2n) is 5.54. The standard InChI is InChI=1S/C14H23ClN2S/c1-10(2)11-3-5-17(6-4-11)13(8-16)14-7-12(15)9-18-14/h7,9-11,13H,3-6,8,16H2,1-2H3. The summed E-state index contributed by atoms with van der Waals surface area (Å²) in [5.41, 5.74) is 5.96. The van der Waals surface area contributed by atoms with Crippen molar-refractivity contribution in [2.45, 2.75) is 32.7 Å². The molecule has 0 aromatic carbocycles. The molecular weight excluding hydrogens is 264 g/mol. The Hall–Kier alpha value is -0.0900. The molecule has 0 saturated carbocycles. The van der Waals surface area contributed by atoms with Gasteiger partial charge in [0.2, 0.25) is 0 Å². The first-order valence-corrected chi connectivity index (χ1v) is 8.05. The quantitative estimate of drug-likeness (QED) is 0.913. The molecule has 1 fully saturated rings. The molecule has 2 heterocycles. The van der Waals surface area contributed by atoms with Crippen LogP contribution < -0.4 is 5.73 Å². The van der Waals surface area contributed by atoms with Crippen LogP contribution in [-0.4, -0.2) is 24.5 Å². The summed E-state index contributed by atoms with van der Waals surface area (Å²) in [6.45, 7) is 7.68. The molecule has 0 amide bonds. The van der Waals surface area contributed by atoms with Crippen molar-refractivity contribution in [3.8, 4) is 0 Å². The maximum Gasteiger partial charge on any atom is 0.0564 e. The van der Waals surface area contributed by atoms with Gasteiger partial charge in [0.15, 0.2) is 0 Å². The van der Waals surface area contributed by atoms with Crippen LogP contribution in [0.3, 0.4) is 0 Å². The zero-order valence-corrected chi connectivity index (χ0v) is 12.8. The van der Waals surface area contributed by atoms with E-state index in [9.17, 15) is 0 Å². The lowest BCUT2D eigenvalue weighted by Gasteiger charge is -2.38. The number of halogens is 1. The van der Waals surface area contributed by atoms with Gasteiger partial charge in [0.05, 0.1) is 11.1 Å². The summed E-state index contributed by atoms with van der Waals surface area (Å²) in [5, 5.41) is 2.84. The van der Waals surface area contributed by atoms with Crippen molar-refractivity contribution in [1.82, 2.24) is 4.90 Å². The summed E-state index contributed by atoms with van der Waals surface area (Å²) in [7, 11) is 0. The van der Waals surface area contributed by atoms with Gasteiger partial charge in [0, 0.05) is 16.8 Å². The Bertz CT molecular complexity index is 370. The van der Waals surface area contributed by atoms with Gasteiger partial charge in [-0.25, -0.2) is 0 Å². The van der Waals surface area contributed by atoms with Crippen molar-refractivity contribution in [3.63, 3.8) is 0 Å². The Morgan fingerprint density at radius 2 is 2.11 bits per heavy atom. The predicted molar refractivity (Wildman–Crippen MR) is 80.3 cm³/mol. The normalized spacial score (nSPS) is 20.5. The number of hydrogen-bond acceptors (Lipinski definition) is 3. The lowest BCUT2D eigenvalue weighted by molar-refractivity contribution is 0.119. The van der Waals surface area contributed by atoms with Crippen LogP contribution in [0, 0.1) is 11.8 Å². The average molecular weight is 287 g/mol. The van der Waals surface area contributed by atoms with Crippen LogP contribution in [0.5, 0.6) is 0 Å². The number of nitrogens with two attached hydrogens (primary N) is 1. The van der Waals surface area contributed by atoms with E-state index >= 15 is 0 Å². The summed E-state index contributed by atoms with van der Waals surface area (Å²) in [5.74, 6) is 1.69. The third kappa shape index (κ3) is 3.27. The van der Waals surface area contributed by atoms with Crippen LogP contribution in [-0.2, 0) is 0 Å². The second-order valence-corrected chi connectivity index (χ2v) is 6.92. The molecule has 2 nitrogen and oxygen atoms in total. The van der Waals surface area contributed by atoms with Crippen LogP contribution in [0.2, 0.25) is 5.02 Å². The minimum atomic E-state index is 0.357. The molecule has 0 aliphatic carbocycles. The summed E-state index contributed by atoms with van der Waals surface area (Å²) in [6.07, 6.45) is 2.60. The summed E-state index contributed by atoms with van der Waals surface area (Å²) >= 11 is 7.75. The highest BCUT2D eigenvalue weighted by Crippen LogP contribution is 2.33. The first-order valence-electron chi connectivity index (χ1n) is 6.80. The van der Waals surface area contributed by atoms with E-state index in [-0.39, 0.29) is 0 Å². The van der Waals surface area contributed by atoms with E-state index in [0.717, 1.165) is 16.9 Å². The number of hydrogen-bond donors (Lipinski definition) is 1. The minimum absolute atomic E-state index is 0.357. The van der Waals surface area contributed by atoms with Crippen LogP contribution in [0.15, 0.2) is 11.4 Å². The van der Waals surface area contributed by atoms with E-state index < -0.39 is 0 Å². The van der Waals surface area contributed by atoms with Crippen molar-refractivity contribution in [3.05, 3.63) is 21.3 Å². The summed E-state index contributed by atoms with van der Waals surface area (Å²) in [6, 6.07) is 2.42. The second kappa shape index (κ2) is 6.38. The van der Waals surface area contributed by atoms with Gasteiger partial charge in [-0.3, -0.25) is 4.90 Å². The molecule has 2 rings (SSSR count). The smallest absolute Gasteiger partial charge is 0.0564 e. The molecule has 102 valence electrons. The molecule has 1 aromatic rings. The topological polar surface area (TPSA) is 29.3 Å². The van der Waals surface area contributed by atoms with E-state index in [1.165, 1.54) is 30.8 Å². The van der Waals surface area contributed by atoms with E-state index in [0.29, 0.717) is 12.6 Å². The maximum absolute atomic E-state index is 6.02. The molecule has 1 unspecified atom stereocenters. The van der Waals surface area contributed by atoms with E-state index in [1.807, 2.05) is 5.38 Å². The highest BCUT2D eigenvalue weighted by atomic mass is 35.5. The number of thiophene rings is 1. The highest BCUT2D eigenvalue weighted by molar-refractivity contribution is 7.10. The summed E-state index contributed by atoms with van der Waals surface area (Å²) in [4.78, 5) is 3.84. The molecular formula is C14H23ClN2S. The lowest BCUT2D eigenvalue weighted by Crippen LogP contribution is -2.40. The lowest BCUT2D eigenvalue weighted by atomic mass is 9.86. The van der Waals surface area contributed by atoms with E-state index in [2.05, 4.69) is 24.8 Å². The van der Waals surface area contributed by atoms with E-state index in [1.54, 1.807) is 11.3 Å². The Morgan fingerprint density at radius 1 is 1.44 bits per heavy atom. The van der Waals surface area contributed by atoms with Gasteiger partial charge >= 0.3 is 0 Å². The van der Waals surface area contributed by atoms with Crippen molar-refractivity contribution < 1.29 is 0 Å².